The zero-order valence-electron chi connectivity index (χ0n) is 20.4. The van der Waals surface area contributed by atoms with Gasteiger partial charge in [-0.1, -0.05) is 6.92 Å². The fourth-order valence-electron chi connectivity index (χ4n) is 4.06. The predicted molar refractivity (Wildman–Crippen MR) is 133 cm³/mol. The van der Waals surface area contributed by atoms with Gasteiger partial charge in [0.05, 0.1) is 37.1 Å². The quantitative estimate of drug-likeness (QED) is 0.417. The summed E-state index contributed by atoms with van der Waals surface area (Å²) in [6.07, 6.45) is 4.99. The molecule has 1 atom stereocenters. The molecule has 2 aromatic heterocycles. The normalized spacial score (nSPS) is 17.4. The molecule has 0 aliphatic heterocycles. The van der Waals surface area contributed by atoms with E-state index in [4.69, 9.17) is 29.9 Å². The van der Waals surface area contributed by atoms with E-state index in [0.717, 1.165) is 59.5 Å². The largest absolute Gasteiger partial charge is 0.493 e. The van der Waals surface area contributed by atoms with E-state index in [-0.39, 0.29) is 11.5 Å². The van der Waals surface area contributed by atoms with Crippen LogP contribution in [-0.4, -0.2) is 41.4 Å². The number of aromatic nitrogens is 3. The second kappa shape index (κ2) is 8.91. The Morgan fingerprint density at radius 3 is 2.59 bits per heavy atom. The monoisotopic (exact) mass is 463 g/mol. The smallest absolute Gasteiger partial charge is 0.162 e. The first-order valence-corrected chi connectivity index (χ1v) is 12.0. The fourth-order valence-corrected chi connectivity index (χ4v) is 4.06. The molecule has 0 amide bonds. The third-order valence-corrected chi connectivity index (χ3v) is 6.59. The molecule has 2 aliphatic rings. The number of anilines is 2. The van der Waals surface area contributed by atoms with Crippen LogP contribution in [-0.2, 0) is 10.2 Å². The van der Waals surface area contributed by atoms with Gasteiger partial charge in [0.1, 0.15) is 18.2 Å². The van der Waals surface area contributed by atoms with Gasteiger partial charge in [-0.15, -0.1) is 0 Å². The molecule has 2 saturated carbocycles. The molecule has 3 aromatic rings. The summed E-state index contributed by atoms with van der Waals surface area (Å²) in [7, 11) is 1.63. The van der Waals surface area contributed by atoms with E-state index in [0.29, 0.717) is 36.6 Å². The number of nitrogens with zero attached hydrogens (tertiary/aromatic N) is 3. The number of hydrogen-bond acceptors (Lipinski definition) is 8. The lowest BCUT2D eigenvalue weighted by Gasteiger charge is -2.19. The van der Waals surface area contributed by atoms with Gasteiger partial charge in [0.2, 0.25) is 0 Å². The van der Waals surface area contributed by atoms with Crippen molar-refractivity contribution in [3.63, 3.8) is 0 Å². The summed E-state index contributed by atoms with van der Waals surface area (Å²) in [5.41, 5.74) is 9.86. The standard InChI is InChI=1S/C26H33N5O3/c1-15(20-11-17(27)12-24(31-20)26(3)7-8-26)28-25-19-13-23(34-10-9-33-18-5-6-18)22(32-4)14-21(19)29-16(2)30-25/h11-15,18H,5-10H2,1-4H3,(H2,27,31)(H,28,29,30). The highest BCUT2D eigenvalue weighted by atomic mass is 16.5. The molecule has 2 heterocycles. The van der Waals surface area contributed by atoms with Crippen molar-refractivity contribution < 1.29 is 14.2 Å². The van der Waals surface area contributed by atoms with E-state index in [1.807, 2.05) is 31.2 Å². The Balaban J connectivity index is 1.42. The van der Waals surface area contributed by atoms with Gasteiger partial charge >= 0.3 is 0 Å². The van der Waals surface area contributed by atoms with E-state index in [1.54, 1.807) is 7.11 Å². The lowest BCUT2D eigenvalue weighted by molar-refractivity contribution is 0.0872. The van der Waals surface area contributed by atoms with Crippen LogP contribution in [0.15, 0.2) is 24.3 Å². The SMILES string of the molecule is COc1cc2nc(C)nc(NC(C)c3cc(N)cc(C4(C)CC4)n3)c2cc1OCCOC1CC1. The summed E-state index contributed by atoms with van der Waals surface area (Å²) >= 11 is 0. The van der Waals surface area contributed by atoms with Crippen LogP contribution in [0.5, 0.6) is 11.5 Å². The number of fused-ring (bicyclic) bond motifs is 1. The minimum Gasteiger partial charge on any atom is -0.493 e. The van der Waals surface area contributed by atoms with E-state index in [9.17, 15) is 0 Å². The summed E-state index contributed by atoms with van der Waals surface area (Å²) < 4.78 is 17.3. The highest BCUT2D eigenvalue weighted by Gasteiger charge is 2.40. The Bertz CT molecular complexity index is 1210. The second-order valence-corrected chi connectivity index (χ2v) is 9.70. The molecular formula is C26H33N5O3. The van der Waals surface area contributed by atoms with Crippen LogP contribution in [0.1, 0.15) is 62.8 Å². The van der Waals surface area contributed by atoms with Gasteiger partial charge in [-0.25, -0.2) is 9.97 Å². The first-order chi connectivity index (χ1) is 16.3. The van der Waals surface area contributed by atoms with Crippen LogP contribution in [0.4, 0.5) is 11.5 Å². The number of aryl methyl sites for hydroxylation is 1. The van der Waals surface area contributed by atoms with Gasteiger partial charge in [-0.05, 0) is 57.7 Å². The number of nitrogens with one attached hydrogen (secondary N) is 1. The summed E-state index contributed by atoms with van der Waals surface area (Å²) in [6.45, 7) is 7.20. The predicted octanol–water partition coefficient (Wildman–Crippen LogP) is 4.71. The van der Waals surface area contributed by atoms with E-state index in [1.165, 1.54) is 0 Å². The molecule has 34 heavy (non-hydrogen) atoms. The summed E-state index contributed by atoms with van der Waals surface area (Å²) in [5, 5.41) is 4.39. The number of nitrogens with two attached hydrogens (primary N) is 1. The Morgan fingerprint density at radius 2 is 1.88 bits per heavy atom. The highest BCUT2D eigenvalue weighted by Crippen LogP contribution is 2.47. The number of pyridine rings is 1. The van der Waals surface area contributed by atoms with Crippen molar-refractivity contribution in [2.24, 2.45) is 0 Å². The van der Waals surface area contributed by atoms with Crippen molar-refractivity contribution in [3.05, 3.63) is 41.5 Å². The number of hydrogen-bond donors (Lipinski definition) is 2. The third-order valence-electron chi connectivity index (χ3n) is 6.59. The average molecular weight is 464 g/mol. The molecule has 8 nitrogen and oxygen atoms in total. The zero-order chi connectivity index (χ0) is 23.9. The summed E-state index contributed by atoms with van der Waals surface area (Å²) in [5.74, 6) is 2.67. The van der Waals surface area contributed by atoms with E-state index < -0.39 is 0 Å². The molecule has 2 fully saturated rings. The molecule has 5 rings (SSSR count). The summed E-state index contributed by atoms with van der Waals surface area (Å²) in [4.78, 5) is 14.2. The van der Waals surface area contributed by atoms with Crippen molar-refractivity contribution in [1.29, 1.82) is 0 Å². The zero-order valence-corrected chi connectivity index (χ0v) is 20.4. The Labute approximate surface area is 200 Å². The van der Waals surface area contributed by atoms with Crippen LogP contribution < -0.4 is 20.5 Å². The van der Waals surface area contributed by atoms with Gasteiger partial charge in [-0.2, -0.15) is 0 Å². The van der Waals surface area contributed by atoms with Gasteiger partial charge in [0, 0.05) is 28.2 Å². The average Bonchev–Trinajstić information content (AvgIpc) is 3.74. The van der Waals surface area contributed by atoms with Crippen molar-refractivity contribution in [2.45, 2.75) is 64.0 Å². The van der Waals surface area contributed by atoms with Crippen LogP contribution in [0.3, 0.4) is 0 Å². The third kappa shape index (κ3) is 4.87. The summed E-state index contributed by atoms with van der Waals surface area (Å²) in [6, 6.07) is 7.66. The molecule has 180 valence electrons. The number of nitrogen functional groups attached to an aromatic ring is 1. The molecule has 0 bridgehead atoms. The van der Waals surface area contributed by atoms with E-state index in [2.05, 4.69) is 24.1 Å². The number of rotatable bonds is 10. The van der Waals surface area contributed by atoms with Crippen LogP contribution >= 0.6 is 0 Å². The first kappa shape index (κ1) is 22.7. The maximum atomic E-state index is 6.23. The van der Waals surface area contributed by atoms with Gasteiger partial charge < -0.3 is 25.3 Å². The Kier molecular flexibility index (Phi) is 5.93. The molecule has 0 spiro atoms. The Morgan fingerprint density at radius 1 is 1.09 bits per heavy atom. The molecule has 1 aromatic carbocycles. The lowest BCUT2D eigenvalue weighted by atomic mass is 10.0. The fraction of sp³-hybridized carbons (Fsp3) is 0.500. The number of ether oxygens (including phenoxy) is 3. The van der Waals surface area contributed by atoms with Crippen molar-refractivity contribution in [1.82, 2.24) is 15.0 Å². The molecule has 1 unspecified atom stereocenters. The minimum absolute atomic E-state index is 0.0967. The van der Waals surface area contributed by atoms with Crippen molar-refractivity contribution in [2.75, 3.05) is 31.4 Å². The topological polar surface area (TPSA) is 104 Å². The van der Waals surface area contributed by atoms with E-state index >= 15 is 0 Å². The minimum atomic E-state index is -0.0967. The highest BCUT2D eigenvalue weighted by molar-refractivity contribution is 5.92. The second-order valence-electron chi connectivity index (χ2n) is 9.70. The van der Waals surface area contributed by atoms with Crippen molar-refractivity contribution in [3.8, 4) is 11.5 Å². The molecular weight excluding hydrogens is 430 g/mol. The molecule has 8 heteroatoms. The maximum absolute atomic E-state index is 6.23. The Hall–Kier alpha value is -3.13. The van der Waals surface area contributed by atoms with Gasteiger partial charge in [-0.3, -0.25) is 4.98 Å². The van der Waals surface area contributed by atoms with Gasteiger partial charge in [0.25, 0.3) is 0 Å². The molecule has 3 N–H and O–H groups in total. The first-order valence-electron chi connectivity index (χ1n) is 12.0. The van der Waals surface area contributed by atoms with Crippen LogP contribution in [0.2, 0.25) is 0 Å². The lowest BCUT2D eigenvalue weighted by Crippen LogP contribution is -2.14. The van der Waals surface area contributed by atoms with Crippen LogP contribution in [0.25, 0.3) is 10.9 Å². The molecule has 0 radical (unpaired) electrons. The maximum Gasteiger partial charge on any atom is 0.162 e. The van der Waals surface area contributed by atoms with Crippen molar-refractivity contribution >= 4 is 22.4 Å². The molecule has 2 aliphatic carbocycles. The molecule has 0 saturated heterocycles. The number of benzene rings is 1. The number of methoxy groups -OCH3 is 1. The van der Waals surface area contributed by atoms with Gasteiger partial charge in [0.15, 0.2) is 11.5 Å². The van der Waals surface area contributed by atoms with Crippen LogP contribution in [0, 0.1) is 6.92 Å².